The third-order valence-electron chi connectivity index (χ3n) is 4.29. The molecule has 1 aromatic carbocycles. The Bertz CT molecular complexity index is 882. The Labute approximate surface area is 150 Å². The van der Waals surface area contributed by atoms with Crippen LogP contribution in [0.3, 0.4) is 0 Å². The van der Waals surface area contributed by atoms with Gasteiger partial charge in [0, 0.05) is 25.2 Å². The van der Waals surface area contributed by atoms with Crippen LogP contribution in [0.1, 0.15) is 5.69 Å². The molecule has 0 radical (unpaired) electrons. The molecule has 25 heavy (non-hydrogen) atoms. The zero-order valence-corrected chi connectivity index (χ0v) is 15.1. The number of ether oxygens (including phenoxy) is 1. The molecule has 1 saturated heterocycles. The number of likely N-dealkylation sites (N-methyl/N-ethyl adjacent to an activating group) is 1. The fraction of sp³-hybridized carbons (Fsp3) is 0.412. The van der Waals surface area contributed by atoms with Crippen LogP contribution in [0.5, 0.6) is 0 Å². The summed E-state index contributed by atoms with van der Waals surface area (Å²) in [6.07, 6.45) is 0.148. The number of aryl methyl sites for hydroxylation is 1. The van der Waals surface area contributed by atoms with Gasteiger partial charge in [0.2, 0.25) is 5.95 Å². The first-order valence-corrected chi connectivity index (χ1v) is 9.16. The topological polar surface area (TPSA) is 76.1 Å². The number of thiazole rings is 1. The van der Waals surface area contributed by atoms with Crippen molar-refractivity contribution in [1.82, 2.24) is 25.1 Å². The SMILES string of the molecule is Cc1nc(NC[C@H]2CN(C)CCO2)nnc1-c1ccc2scnc2c1. The normalized spacial score (nSPS) is 18.6. The van der Waals surface area contributed by atoms with E-state index in [4.69, 9.17) is 4.74 Å². The summed E-state index contributed by atoms with van der Waals surface area (Å²) in [4.78, 5) is 11.2. The maximum Gasteiger partial charge on any atom is 0.243 e. The van der Waals surface area contributed by atoms with Crippen molar-refractivity contribution in [1.29, 1.82) is 0 Å². The lowest BCUT2D eigenvalue weighted by atomic mass is 10.1. The molecule has 0 bridgehead atoms. The van der Waals surface area contributed by atoms with Crippen molar-refractivity contribution in [3.05, 3.63) is 29.4 Å². The van der Waals surface area contributed by atoms with E-state index in [-0.39, 0.29) is 6.10 Å². The van der Waals surface area contributed by atoms with Crippen LogP contribution in [0.15, 0.2) is 23.7 Å². The van der Waals surface area contributed by atoms with E-state index >= 15 is 0 Å². The van der Waals surface area contributed by atoms with E-state index in [1.807, 2.05) is 24.6 Å². The van der Waals surface area contributed by atoms with Gasteiger partial charge in [0.1, 0.15) is 5.69 Å². The summed E-state index contributed by atoms with van der Waals surface area (Å²) >= 11 is 1.63. The molecule has 1 aliphatic heterocycles. The van der Waals surface area contributed by atoms with Crippen LogP contribution in [0.25, 0.3) is 21.5 Å². The number of hydrogen-bond donors (Lipinski definition) is 1. The Morgan fingerprint density at radius 3 is 3.12 bits per heavy atom. The van der Waals surface area contributed by atoms with Gasteiger partial charge >= 0.3 is 0 Å². The molecule has 3 aromatic rings. The smallest absolute Gasteiger partial charge is 0.243 e. The van der Waals surface area contributed by atoms with Gasteiger partial charge in [0.15, 0.2) is 0 Å². The second kappa shape index (κ2) is 6.99. The van der Waals surface area contributed by atoms with Crippen molar-refractivity contribution in [2.75, 3.05) is 38.6 Å². The molecule has 3 heterocycles. The average Bonchev–Trinajstić information content (AvgIpc) is 3.08. The van der Waals surface area contributed by atoms with Gasteiger partial charge in [-0.25, -0.2) is 9.97 Å². The number of hydrogen-bond acceptors (Lipinski definition) is 8. The molecule has 1 fully saturated rings. The van der Waals surface area contributed by atoms with Crippen molar-refractivity contribution in [2.45, 2.75) is 13.0 Å². The Balaban J connectivity index is 1.48. The van der Waals surface area contributed by atoms with E-state index in [1.54, 1.807) is 11.3 Å². The van der Waals surface area contributed by atoms with Crippen LogP contribution in [0.2, 0.25) is 0 Å². The van der Waals surface area contributed by atoms with Crippen LogP contribution < -0.4 is 5.32 Å². The van der Waals surface area contributed by atoms with E-state index in [2.05, 4.69) is 43.5 Å². The van der Waals surface area contributed by atoms with Crippen molar-refractivity contribution < 1.29 is 4.74 Å². The molecule has 0 aliphatic carbocycles. The molecule has 1 atom stereocenters. The maximum atomic E-state index is 5.74. The molecule has 1 aliphatic rings. The molecule has 0 amide bonds. The number of nitrogens with one attached hydrogen (secondary N) is 1. The summed E-state index contributed by atoms with van der Waals surface area (Å²) in [6.45, 7) is 5.27. The highest BCUT2D eigenvalue weighted by Gasteiger charge is 2.18. The van der Waals surface area contributed by atoms with Gasteiger partial charge in [-0.05, 0) is 26.1 Å². The number of morpholine rings is 1. The van der Waals surface area contributed by atoms with Crippen LogP contribution in [0.4, 0.5) is 5.95 Å². The van der Waals surface area contributed by atoms with Crippen LogP contribution in [-0.2, 0) is 4.74 Å². The Kier molecular flexibility index (Phi) is 4.56. The molecule has 8 heteroatoms. The van der Waals surface area contributed by atoms with E-state index < -0.39 is 0 Å². The minimum atomic E-state index is 0.148. The van der Waals surface area contributed by atoms with Crippen molar-refractivity contribution >= 4 is 27.5 Å². The first-order valence-electron chi connectivity index (χ1n) is 8.28. The zero-order valence-electron chi connectivity index (χ0n) is 14.3. The summed E-state index contributed by atoms with van der Waals surface area (Å²) in [5.74, 6) is 0.535. The van der Waals surface area contributed by atoms with Gasteiger partial charge in [-0.3, -0.25) is 0 Å². The second-order valence-electron chi connectivity index (χ2n) is 6.24. The number of rotatable bonds is 4. The highest BCUT2D eigenvalue weighted by Crippen LogP contribution is 2.26. The van der Waals surface area contributed by atoms with Crippen molar-refractivity contribution in [3.8, 4) is 11.3 Å². The lowest BCUT2D eigenvalue weighted by Crippen LogP contribution is -2.43. The lowest BCUT2D eigenvalue weighted by Gasteiger charge is -2.30. The molecule has 2 aromatic heterocycles. The van der Waals surface area contributed by atoms with Gasteiger partial charge in [-0.2, -0.15) is 0 Å². The first-order chi connectivity index (χ1) is 12.2. The van der Waals surface area contributed by atoms with E-state index in [0.717, 1.165) is 46.9 Å². The average molecular weight is 356 g/mol. The van der Waals surface area contributed by atoms with E-state index in [0.29, 0.717) is 12.5 Å². The minimum Gasteiger partial charge on any atom is -0.374 e. The standard InChI is InChI=1S/C17H20N6OS/c1-11-16(12-3-4-15-14(7-12)19-10-25-15)21-22-17(20-11)18-8-13-9-23(2)5-6-24-13/h3-4,7,10,13H,5-6,8-9H2,1-2H3,(H,18,20,22)/t13-/m0/s1. The van der Waals surface area contributed by atoms with Crippen molar-refractivity contribution in [3.63, 3.8) is 0 Å². The predicted molar refractivity (Wildman–Crippen MR) is 98.9 cm³/mol. The third-order valence-corrected chi connectivity index (χ3v) is 5.10. The predicted octanol–water partition coefficient (Wildman–Crippen LogP) is 2.20. The fourth-order valence-corrected chi connectivity index (χ4v) is 3.60. The molecule has 0 saturated carbocycles. The van der Waals surface area contributed by atoms with Gasteiger partial charge in [-0.1, -0.05) is 6.07 Å². The Morgan fingerprint density at radius 2 is 2.28 bits per heavy atom. The number of anilines is 1. The molecular weight excluding hydrogens is 336 g/mol. The van der Waals surface area contributed by atoms with Gasteiger partial charge in [-0.15, -0.1) is 21.5 Å². The maximum absolute atomic E-state index is 5.74. The van der Waals surface area contributed by atoms with E-state index in [1.165, 1.54) is 0 Å². The lowest BCUT2D eigenvalue weighted by molar-refractivity contribution is -0.0118. The number of nitrogens with zero attached hydrogens (tertiary/aromatic N) is 5. The summed E-state index contributed by atoms with van der Waals surface area (Å²) in [5.41, 5.74) is 5.44. The molecule has 0 unspecified atom stereocenters. The summed E-state index contributed by atoms with van der Waals surface area (Å²) in [6, 6.07) is 6.13. The largest absolute Gasteiger partial charge is 0.374 e. The van der Waals surface area contributed by atoms with Gasteiger partial charge in [0.05, 0.1) is 34.1 Å². The number of fused-ring (bicyclic) bond motifs is 1. The monoisotopic (exact) mass is 356 g/mol. The van der Waals surface area contributed by atoms with Crippen LogP contribution in [-0.4, -0.2) is 64.5 Å². The fourth-order valence-electron chi connectivity index (χ4n) is 2.95. The first kappa shape index (κ1) is 16.3. The van der Waals surface area contributed by atoms with Gasteiger partial charge in [0.25, 0.3) is 0 Å². The van der Waals surface area contributed by atoms with E-state index in [9.17, 15) is 0 Å². The highest BCUT2D eigenvalue weighted by molar-refractivity contribution is 7.16. The minimum absolute atomic E-state index is 0.148. The Hall–Kier alpha value is -2.16. The van der Waals surface area contributed by atoms with Crippen molar-refractivity contribution in [2.24, 2.45) is 0 Å². The molecule has 1 N–H and O–H groups in total. The quantitative estimate of drug-likeness (QED) is 0.768. The molecule has 0 spiro atoms. The highest BCUT2D eigenvalue weighted by atomic mass is 32.1. The summed E-state index contributed by atoms with van der Waals surface area (Å²) in [5, 5.41) is 11.8. The molecule has 130 valence electrons. The molecule has 4 rings (SSSR count). The third kappa shape index (κ3) is 3.60. The number of benzene rings is 1. The van der Waals surface area contributed by atoms with Crippen LogP contribution >= 0.6 is 11.3 Å². The van der Waals surface area contributed by atoms with Crippen LogP contribution in [0, 0.1) is 6.92 Å². The number of aromatic nitrogens is 4. The molecular formula is C17H20N6OS. The summed E-state index contributed by atoms with van der Waals surface area (Å²) < 4.78 is 6.91. The Morgan fingerprint density at radius 1 is 1.36 bits per heavy atom. The second-order valence-corrected chi connectivity index (χ2v) is 7.13. The zero-order chi connectivity index (χ0) is 17.2. The molecule has 7 nitrogen and oxygen atoms in total. The van der Waals surface area contributed by atoms with Gasteiger partial charge < -0.3 is 15.0 Å². The summed E-state index contributed by atoms with van der Waals surface area (Å²) in [7, 11) is 2.10.